The molecule has 2 heterocycles. The highest BCUT2D eigenvalue weighted by atomic mass is 35.5. The number of hydrogen-bond donors (Lipinski definition) is 5. The number of amides is 1. The predicted octanol–water partition coefficient (Wildman–Crippen LogP) is 2.03. The number of alkyl halides is 1. The molecule has 0 aliphatic carbocycles. The van der Waals surface area contributed by atoms with Crippen LogP contribution < -0.4 is 26.8 Å². The van der Waals surface area contributed by atoms with Crippen LogP contribution in [-0.4, -0.2) is 28.6 Å². The zero-order valence-corrected chi connectivity index (χ0v) is 17.8. The molecule has 0 bridgehead atoms. The van der Waals surface area contributed by atoms with Gasteiger partial charge >= 0.3 is 0 Å². The van der Waals surface area contributed by atoms with Crippen molar-refractivity contribution >= 4 is 35.3 Å². The van der Waals surface area contributed by atoms with Gasteiger partial charge in [0.15, 0.2) is 5.70 Å². The Kier molecular flexibility index (Phi) is 8.76. The fraction of sp³-hybridized carbons (Fsp3) is 0.105. The summed E-state index contributed by atoms with van der Waals surface area (Å²) in [6.45, 7) is -0.486. The van der Waals surface area contributed by atoms with E-state index in [2.05, 4.69) is 20.6 Å². The first-order valence-electron chi connectivity index (χ1n) is 8.74. The molecule has 166 valence electrons. The van der Waals surface area contributed by atoms with E-state index in [0.29, 0.717) is 0 Å². The second-order valence-corrected chi connectivity index (χ2v) is 6.78. The SMILES string of the molecule is N#Cc1cncc(O/C(N)=C(/N/C(N)=C\C=N)C(=O)NCC(F)c2cnc(Cl)cc2Cl)c1. The number of hydrogen-bond acceptors (Lipinski definition) is 9. The molecule has 10 nitrogen and oxygen atoms in total. The molecule has 0 aromatic carbocycles. The van der Waals surface area contributed by atoms with E-state index in [1.54, 1.807) is 0 Å². The fourth-order valence-corrected chi connectivity index (χ4v) is 2.73. The Morgan fingerprint density at radius 1 is 1.34 bits per heavy atom. The van der Waals surface area contributed by atoms with E-state index >= 15 is 0 Å². The highest BCUT2D eigenvalue weighted by molar-refractivity contribution is 6.34. The van der Waals surface area contributed by atoms with Crippen LogP contribution in [0.2, 0.25) is 10.2 Å². The number of nitrogens with one attached hydrogen (secondary N) is 3. The molecule has 2 rings (SSSR count). The summed E-state index contributed by atoms with van der Waals surface area (Å²) in [5.74, 6) is -1.34. The van der Waals surface area contributed by atoms with Gasteiger partial charge in [-0.3, -0.25) is 9.78 Å². The van der Waals surface area contributed by atoms with Crippen molar-refractivity contribution in [2.24, 2.45) is 11.5 Å². The molecule has 0 saturated heterocycles. The summed E-state index contributed by atoms with van der Waals surface area (Å²) < 4.78 is 20.0. The van der Waals surface area contributed by atoms with Gasteiger partial charge in [-0.05, 0) is 12.1 Å². The van der Waals surface area contributed by atoms with E-state index in [0.717, 1.165) is 18.5 Å². The van der Waals surface area contributed by atoms with Gasteiger partial charge in [-0.25, -0.2) is 9.37 Å². The van der Waals surface area contributed by atoms with Gasteiger partial charge in [0, 0.05) is 30.2 Å². The number of halogens is 3. The molecular weight excluding hydrogens is 462 g/mol. The lowest BCUT2D eigenvalue weighted by atomic mass is 10.2. The normalized spacial score (nSPS) is 12.8. The van der Waals surface area contributed by atoms with Crippen molar-refractivity contribution in [1.82, 2.24) is 20.6 Å². The number of nitriles is 1. The number of nitrogens with zero attached hydrogens (tertiary/aromatic N) is 3. The minimum atomic E-state index is -1.70. The highest BCUT2D eigenvalue weighted by Crippen LogP contribution is 2.26. The molecule has 0 radical (unpaired) electrons. The van der Waals surface area contributed by atoms with Crippen LogP contribution in [0.3, 0.4) is 0 Å². The standard InChI is InChI=1S/C19H17Cl2FN8O2/c20-13-4-15(21)28-8-12(13)14(22)9-29-19(31)17(30-16(25)1-2-23)18(26)32-11-3-10(5-24)6-27-7-11/h1-4,6-8,14,23,30H,9,25-26H2,(H,29,31)/b16-1-,18-17+,23-2?. The quantitative estimate of drug-likeness (QED) is 0.157. The molecule has 1 atom stereocenters. The summed E-state index contributed by atoms with van der Waals surface area (Å²) in [7, 11) is 0. The summed E-state index contributed by atoms with van der Waals surface area (Å²) in [5, 5.41) is 21.0. The maximum absolute atomic E-state index is 14.6. The van der Waals surface area contributed by atoms with Crippen molar-refractivity contribution < 1.29 is 13.9 Å². The largest absolute Gasteiger partial charge is 0.437 e. The Labute approximate surface area is 192 Å². The third-order valence-corrected chi connectivity index (χ3v) is 4.24. The van der Waals surface area contributed by atoms with E-state index in [-0.39, 0.29) is 38.6 Å². The number of pyridine rings is 2. The second-order valence-electron chi connectivity index (χ2n) is 5.98. The minimum absolute atomic E-state index is 0.0293. The van der Waals surface area contributed by atoms with Crippen LogP contribution in [0.1, 0.15) is 17.3 Å². The monoisotopic (exact) mass is 478 g/mol. The molecule has 0 spiro atoms. The Bertz CT molecular complexity index is 1120. The molecule has 2 aromatic heterocycles. The smallest absolute Gasteiger partial charge is 0.273 e. The molecule has 0 aliphatic rings. The molecule has 1 amide bonds. The lowest BCUT2D eigenvalue weighted by Gasteiger charge is -2.16. The Balaban J connectivity index is 2.23. The average molecular weight is 479 g/mol. The van der Waals surface area contributed by atoms with Crippen molar-refractivity contribution in [2.75, 3.05) is 6.54 Å². The molecule has 0 fully saturated rings. The minimum Gasteiger partial charge on any atom is -0.437 e. The molecular formula is C19H17Cl2FN8O2. The van der Waals surface area contributed by atoms with E-state index < -0.39 is 24.5 Å². The number of carbonyl (C=O) groups is 1. The third-order valence-electron chi connectivity index (χ3n) is 3.70. The van der Waals surface area contributed by atoms with Crippen LogP contribution in [0.15, 0.2) is 54.2 Å². The van der Waals surface area contributed by atoms with Gasteiger partial charge in [-0.1, -0.05) is 23.2 Å². The van der Waals surface area contributed by atoms with Crippen molar-refractivity contribution in [2.45, 2.75) is 6.17 Å². The van der Waals surface area contributed by atoms with Gasteiger partial charge in [0.1, 0.15) is 29.0 Å². The Morgan fingerprint density at radius 3 is 2.75 bits per heavy atom. The summed E-state index contributed by atoms with van der Waals surface area (Å²) in [4.78, 5) is 20.3. The Hall–Kier alpha value is -3.88. The summed E-state index contributed by atoms with van der Waals surface area (Å²) >= 11 is 11.7. The number of allylic oxidation sites excluding steroid dienone is 1. The van der Waals surface area contributed by atoms with Gasteiger partial charge in [-0.2, -0.15) is 5.26 Å². The van der Waals surface area contributed by atoms with Crippen molar-refractivity contribution in [1.29, 1.82) is 10.7 Å². The lowest BCUT2D eigenvalue weighted by molar-refractivity contribution is -0.118. The van der Waals surface area contributed by atoms with E-state index in [4.69, 9.17) is 50.1 Å². The van der Waals surface area contributed by atoms with Gasteiger partial charge < -0.3 is 32.2 Å². The molecule has 13 heteroatoms. The number of rotatable bonds is 9. The van der Waals surface area contributed by atoms with E-state index in [1.807, 2.05) is 6.07 Å². The fourth-order valence-electron chi connectivity index (χ4n) is 2.25. The first kappa shape index (κ1) is 24.4. The van der Waals surface area contributed by atoms with Crippen molar-refractivity contribution in [3.63, 3.8) is 0 Å². The van der Waals surface area contributed by atoms with Crippen LogP contribution in [0, 0.1) is 16.7 Å². The topological polar surface area (TPSA) is 176 Å². The molecule has 0 aliphatic heterocycles. The summed E-state index contributed by atoms with van der Waals surface area (Å²) in [6.07, 6.45) is 4.06. The number of ether oxygens (including phenoxy) is 1. The average Bonchev–Trinajstić information content (AvgIpc) is 2.75. The number of carbonyl (C=O) groups excluding carboxylic acids is 1. The lowest BCUT2D eigenvalue weighted by Crippen LogP contribution is -2.38. The van der Waals surface area contributed by atoms with Crippen LogP contribution in [0.4, 0.5) is 4.39 Å². The van der Waals surface area contributed by atoms with Crippen molar-refractivity contribution in [3.05, 3.63) is 75.5 Å². The van der Waals surface area contributed by atoms with Crippen LogP contribution >= 0.6 is 23.2 Å². The first-order chi connectivity index (χ1) is 15.2. The van der Waals surface area contributed by atoms with Gasteiger partial charge in [-0.15, -0.1) is 0 Å². The number of aromatic nitrogens is 2. The van der Waals surface area contributed by atoms with Gasteiger partial charge in [0.05, 0.1) is 23.3 Å². The molecule has 0 saturated carbocycles. The maximum atomic E-state index is 14.6. The maximum Gasteiger partial charge on any atom is 0.273 e. The number of nitrogens with two attached hydrogens (primary N) is 2. The third kappa shape index (κ3) is 6.83. The molecule has 7 N–H and O–H groups in total. The highest BCUT2D eigenvalue weighted by Gasteiger charge is 2.20. The second kappa shape index (κ2) is 11.5. The molecule has 1 unspecified atom stereocenters. The van der Waals surface area contributed by atoms with Crippen LogP contribution in [0.25, 0.3) is 0 Å². The van der Waals surface area contributed by atoms with E-state index in [1.165, 1.54) is 24.5 Å². The zero-order valence-electron chi connectivity index (χ0n) is 16.3. The van der Waals surface area contributed by atoms with Crippen LogP contribution in [-0.2, 0) is 4.79 Å². The molecule has 32 heavy (non-hydrogen) atoms. The van der Waals surface area contributed by atoms with Crippen LogP contribution in [0.5, 0.6) is 5.75 Å². The summed E-state index contributed by atoms with van der Waals surface area (Å²) in [6, 6.07) is 4.51. The van der Waals surface area contributed by atoms with E-state index in [9.17, 15) is 9.18 Å². The Morgan fingerprint density at radius 2 is 2.09 bits per heavy atom. The summed E-state index contributed by atoms with van der Waals surface area (Å²) in [5.41, 5.74) is 11.4. The first-order valence-corrected chi connectivity index (χ1v) is 9.50. The molecule has 2 aromatic rings. The van der Waals surface area contributed by atoms with Gasteiger partial charge in [0.25, 0.3) is 5.91 Å². The van der Waals surface area contributed by atoms with Gasteiger partial charge in [0.2, 0.25) is 5.88 Å². The predicted molar refractivity (Wildman–Crippen MR) is 116 cm³/mol. The van der Waals surface area contributed by atoms with Crippen molar-refractivity contribution in [3.8, 4) is 11.8 Å². The zero-order chi connectivity index (χ0) is 23.7.